The van der Waals surface area contributed by atoms with Gasteiger partial charge in [-0.2, -0.15) is 0 Å². The van der Waals surface area contributed by atoms with Gasteiger partial charge in [0.15, 0.2) is 11.5 Å². The highest BCUT2D eigenvalue weighted by molar-refractivity contribution is 5.82. The molecular formula is C12H14N2O2. The molecule has 3 N–H and O–H groups in total. The third kappa shape index (κ3) is 2.06. The summed E-state index contributed by atoms with van der Waals surface area (Å²) in [5.41, 5.74) is 1.79. The van der Waals surface area contributed by atoms with E-state index in [4.69, 9.17) is 0 Å². The fraction of sp³-hybridized carbons (Fsp3) is 0.250. The molecular weight excluding hydrogens is 204 g/mol. The van der Waals surface area contributed by atoms with E-state index >= 15 is 0 Å². The molecule has 0 unspecified atom stereocenters. The molecule has 2 rings (SSSR count). The van der Waals surface area contributed by atoms with E-state index in [1.54, 1.807) is 6.20 Å². The molecule has 16 heavy (non-hydrogen) atoms. The zero-order valence-electron chi connectivity index (χ0n) is 9.07. The Bertz CT molecular complexity index is 512. The number of likely N-dealkylation sites (N-methyl/N-ethyl adjacent to an activating group) is 1. The summed E-state index contributed by atoms with van der Waals surface area (Å²) in [5.74, 6) is -0.247. The van der Waals surface area contributed by atoms with Crippen molar-refractivity contribution in [3.63, 3.8) is 0 Å². The lowest BCUT2D eigenvalue weighted by atomic mass is 10.1. The number of rotatable bonds is 3. The summed E-state index contributed by atoms with van der Waals surface area (Å²) in [5, 5.41) is 22.6. The zero-order chi connectivity index (χ0) is 11.5. The molecule has 1 aromatic heterocycles. The lowest BCUT2D eigenvalue weighted by molar-refractivity contribution is 0.405. The smallest absolute Gasteiger partial charge is 0.159 e. The minimum atomic E-state index is -0.136. The first-order valence-electron chi connectivity index (χ1n) is 5.16. The van der Waals surface area contributed by atoms with Gasteiger partial charge in [-0.25, -0.2) is 0 Å². The second kappa shape index (κ2) is 4.37. The van der Waals surface area contributed by atoms with Gasteiger partial charge in [-0.05, 0) is 37.7 Å². The number of phenols is 2. The number of hydrogen-bond donors (Lipinski definition) is 3. The van der Waals surface area contributed by atoms with E-state index in [0.29, 0.717) is 5.52 Å². The molecule has 0 amide bonds. The van der Waals surface area contributed by atoms with E-state index in [2.05, 4.69) is 10.3 Å². The molecule has 1 aromatic carbocycles. The predicted octanol–water partition coefficient (Wildman–Crippen LogP) is 1.41. The summed E-state index contributed by atoms with van der Waals surface area (Å²) < 4.78 is 0. The molecule has 1 heterocycles. The lowest BCUT2D eigenvalue weighted by Gasteiger charge is -2.04. The van der Waals surface area contributed by atoms with E-state index < -0.39 is 0 Å². The summed E-state index contributed by atoms with van der Waals surface area (Å²) >= 11 is 0. The molecule has 4 heteroatoms. The number of nitrogens with zero attached hydrogens (tertiary/aromatic N) is 1. The molecule has 0 atom stereocenters. The fourth-order valence-electron chi connectivity index (χ4n) is 1.60. The number of aromatic hydroxyl groups is 2. The van der Waals surface area contributed by atoms with Crippen LogP contribution in [-0.2, 0) is 6.42 Å². The molecule has 0 aliphatic rings. The van der Waals surface area contributed by atoms with Crippen molar-refractivity contribution in [1.29, 1.82) is 0 Å². The molecule has 0 aliphatic heterocycles. The normalized spacial score (nSPS) is 10.8. The highest BCUT2D eigenvalue weighted by atomic mass is 16.3. The Morgan fingerprint density at radius 1 is 1.19 bits per heavy atom. The van der Waals surface area contributed by atoms with Crippen molar-refractivity contribution in [3.05, 3.63) is 30.0 Å². The maximum Gasteiger partial charge on any atom is 0.159 e. The number of hydrogen-bond acceptors (Lipinski definition) is 4. The molecule has 0 bridgehead atoms. The lowest BCUT2D eigenvalue weighted by Crippen LogP contribution is -2.10. The number of benzene rings is 1. The Morgan fingerprint density at radius 2 is 1.94 bits per heavy atom. The molecule has 0 spiro atoms. The summed E-state index contributed by atoms with van der Waals surface area (Å²) in [6.45, 7) is 0.886. The van der Waals surface area contributed by atoms with Crippen LogP contribution in [0.2, 0.25) is 0 Å². The van der Waals surface area contributed by atoms with Gasteiger partial charge in [0, 0.05) is 17.6 Å². The van der Waals surface area contributed by atoms with Crippen LogP contribution in [0.15, 0.2) is 24.4 Å². The predicted molar refractivity (Wildman–Crippen MR) is 62.7 cm³/mol. The van der Waals surface area contributed by atoms with Gasteiger partial charge in [-0.3, -0.25) is 4.98 Å². The average Bonchev–Trinajstić information content (AvgIpc) is 2.28. The SMILES string of the molecule is CNCCc1cnc2cc(O)c(O)cc2c1. The van der Waals surface area contributed by atoms with Gasteiger partial charge in [0.05, 0.1) is 5.52 Å². The molecule has 0 radical (unpaired) electrons. The van der Waals surface area contributed by atoms with Gasteiger partial charge in [-0.1, -0.05) is 0 Å². The quantitative estimate of drug-likeness (QED) is 0.681. The molecule has 2 aromatic rings. The zero-order valence-corrected chi connectivity index (χ0v) is 9.07. The third-order valence-electron chi connectivity index (χ3n) is 2.50. The number of nitrogens with one attached hydrogen (secondary N) is 1. The van der Waals surface area contributed by atoms with Crippen LogP contribution in [0, 0.1) is 0 Å². The van der Waals surface area contributed by atoms with Gasteiger partial charge in [-0.15, -0.1) is 0 Å². The minimum absolute atomic E-state index is 0.111. The van der Waals surface area contributed by atoms with Crippen LogP contribution in [0.1, 0.15) is 5.56 Å². The molecule has 84 valence electrons. The van der Waals surface area contributed by atoms with Gasteiger partial charge in [0.2, 0.25) is 0 Å². The molecule has 0 saturated heterocycles. The summed E-state index contributed by atoms with van der Waals surface area (Å²) in [7, 11) is 1.90. The number of phenolic OH excluding ortho intramolecular Hbond substituents is 2. The van der Waals surface area contributed by atoms with Crippen molar-refractivity contribution < 1.29 is 10.2 Å². The van der Waals surface area contributed by atoms with Crippen molar-refractivity contribution in [3.8, 4) is 11.5 Å². The second-order valence-corrected chi connectivity index (χ2v) is 3.73. The second-order valence-electron chi connectivity index (χ2n) is 3.73. The standard InChI is InChI=1S/C12H14N2O2/c1-13-3-2-8-4-9-5-11(15)12(16)6-10(9)14-7-8/h4-7,13,15-16H,2-3H2,1H3. The van der Waals surface area contributed by atoms with Crippen LogP contribution in [0.4, 0.5) is 0 Å². The Morgan fingerprint density at radius 3 is 2.69 bits per heavy atom. The van der Waals surface area contributed by atoms with Gasteiger partial charge < -0.3 is 15.5 Å². The molecule has 0 fully saturated rings. The van der Waals surface area contributed by atoms with Crippen molar-refractivity contribution in [1.82, 2.24) is 10.3 Å². The number of aromatic nitrogens is 1. The van der Waals surface area contributed by atoms with Crippen molar-refractivity contribution in [2.24, 2.45) is 0 Å². The van der Waals surface area contributed by atoms with E-state index in [9.17, 15) is 10.2 Å². The fourth-order valence-corrected chi connectivity index (χ4v) is 1.60. The van der Waals surface area contributed by atoms with Crippen LogP contribution in [0.25, 0.3) is 10.9 Å². The molecule has 4 nitrogen and oxygen atoms in total. The van der Waals surface area contributed by atoms with Gasteiger partial charge in [0.25, 0.3) is 0 Å². The van der Waals surface area contributed by atoms with Crippen LogP contribution in [0.3, 0.4) is 0 Å². The Labute approximate surface area is 93.6 Å². The Balaban J connectivity index is 2.41. The number of fused-ring (bicyclic) bond motifs is 1. The number of pyridine rings is 1. The van der Waals surface area contributed by atoms with Gasteiger partial charge in [0.1, 0.15) is 0 Å². The largest absolute Gasteiger partial charge is 0.504 e. The summed E-state index contributed by atoms with van der Waals surface area (Å²) in [6.07, 6.45) is 2.68. The molecule has 0 saturated carbocycles. The van der Waals surface area contributed by atoms with Crippen LogP contribution in [-0.4, -0.2) is 28.8 Å². The maximum atomic E-state index is 9.39. The third-order valence-corrected chi connectivity index (χ3v) is 2.50. The first kappa shape index (κ1) is 10.7. The van der Waals surface area contributed by atoms with Crippen molar-refractivity contribution in [2.75, 3.05) is 13.6 Å². The van der Waals surface area contributed by atoms with Crippen LogP contribution in [0.5, 0.6) is 11.5 Å². The topological polar surface area (TPSA) is 65.4 Å². The first-order chi connectivity index (χ1) is 7.70. The minimum Gasteiger partial charge on any atom is -0.504 e. The van der Waals surface area contributed by atoms with E-state index in [-0.39, 0.29) is 11.5 Å². The maximum absolute atomic E-state index is 9.39. The summed E-state index contributed by atoms with van der Waals surface area (Å²) in [6, 6.07) is 4.96. The highest BCUT2D eigenvalue weighted by Gasteiger charge is 2.04. The monoisotopic (exact) mass is 218 g/mol. The van der Waals surface area contributed by atoms with E-state index in [1.165, 1.54) is 12.1 Å². The molecule has 0 aliphatic carbocycles. The Hall–Kier alpha value is -1.81. The van der Waals surface area contributed by atoms with Crippen LogP contribution >= 0.6 is 0 Å². The first-order valence-corrected chi connectivity index (χ1v) is 5.16. The van der Waals surface area contributed by atoms with E-state index in [1.807, 2.05) is 13.1 Å². The van der Waals surface area contributed by atoms with Crippen molar-refractivity contribution in [2.45, 2.75) is 6.42 Å². The average molecular weight is 218 g/mol. The van der Waals surface area contributed by atoms with Crippen LogP contribution < -0.4 is 5.32 Å². The highest BCUT2D eigenvalue weighted by Crippen LogP contribution is 2.29. The van der Waals surface area contributed by atoms with E-state index in [0.717, 1.165) is 23.9 Å². The van der Waals surface area contributed by atoms with Crippen molar-refractivity contribution >= 4 is 10.9 Å². The van der Waals surface area contributed by atoms with Gasteiger partial charge >= 0.3 is 0 Å². The summed E-state index contributed by atoms with van der Waals surface area (Å²) in [4.78, 5) is 4.24. The Kier molecular flexibility index (Phi) is 2.92.